The van der Waals surface area contributed by atoms with Crippen LogP contribution in [0, 0.1) is 6.92 Å². The molecule has 2 rings (SSSR count). The molecule has 0 spiro atoms. The van der Waals surface area contributed by atoms with E-state index < -0.39 is 0 Å². The molecule has 1 aromatic heterocycles. The molecule has 0 N–H and O–H groups in total. The lowest BCUT2D eigenvalue weighted by atomic mass is 10.1. The second kappa shape index (κ2) is 8.80. The normalized spacial score (nSPS) is 10.6. The van der Waals surface area contributed by atoms with Gasteiger partial charge in [0.05, 0.1) is 19.2 Å². The van der Waals surface area contributed by atoms with Gasteiger partial charge in [-0.2, -0.15) is 0 Å². The monoisotopic (exact) mass is 376 g/mol. The van der Waals surface area contributed by atoms with E-state index >= 15 is 0 Å². The Bertz CT molecular complexity index is 853. The van der Waals surface area contributed by atoms with Gasteiger partial charge in [0.15, 0.2) is 5.78 Å². The highest BCUT2D eigenvalue weighted by molar-refractivity contribution is 7.11. The number of para-hydroxylation sites is 1. The van der Waals surface area contributed by atoms with Crippen LogP contribution in [0.1, 0.15) is 45.5 Å². The Labute approximate surface area is 157 Å². The highest BCUT2D eigenvalue weighted by atomic mass is 32.1. The first-order valence-corrected chi connectivity index (χ1v) is 9.34. The number of ketones is 1. The molecule has 0 atom stereocenters. The number of aromatic nitrogens is 1. The van der Waals surface area contributed by atoms with Crippen molar-refractivity contribution in [2.24, 2.45) is 0 Å². The lowest BCUT2D eigenvalue weighted by Gasteiger charge is -2.16. The van der Waals surface area contributed by atoms with Gasteiger partial charge in [0.25, 0.3) is 5.91 Å². The van der Waals surface area contributed by atoms with E-state index in [0.717, 1.165) is 24.2 Å². The van der Waals surface area contributed by atoms with Crippen molar-refractivity contribution in [3.8, 4) is 5.75 Å². The molecule has 0 bridgehead atoms. The largest absolute Gasteiger partial charge is 0.496 e. The zero-order valence-corrected chi connectivity index (χ0v) is 16.4. The Kier molecular flexibility index (Phi) is 6.74. The molecule has 0 aliphatic rings. The van der Waals surface area contributed by atoms with Gasteiger partial charge in [0.1, 0.15) is 10.6 Å². The number of carbonyl (C=O) groups is 2. The second-order valence-corrected chi connectivity index (χ2v) is 7.03. The maximum atomic E-state index is 12.6. The lowest BCUT2D eigenvalue weighted by molar-refractivity contribution is 0.0795. The number of hydrogen-bond donors (Lipinski definition) is 0. The minimum atomic E-state index is -0.307. The SMILES string of the molecule is CCCCN(C)C(=O)c1sc(=O)n(CC(=O)c2ccccc2OC)c1C. The third kappa shape index (κ3) is 4.22. The summed E-state index contributed by atoms with van der Waals surface area (Å²) in [5.74, 6) is 0.0550. The number of carbonyl (C=O) groups excluding carboxylic acids is 2. The minimum Gasteiger partial charge on any atom is -0.496 e. The third-order valence-electron chi connectivity index (χ3n) is 4.24. The number of hydrogen-bond acceptors (Lipinski definition) is 5. The Morgan fingerprint density at radius 3 is 2.62 bits per heavy atom. The smallest absolute Gasteiger partial charge is 0.308 e. The Morgan fingerprint density at radius 1 is 1.27 bits per heavy atom. The predicted molar refractivity (Wildman–Crippen MR) is 103 cm³/mol. The lowest BCUT2D eigenvalue weighted by Crippen LogP contribution is -2.28. The molecule has 0 radical (unpaired) electrons. The van der Waals surface area contributed by atoms with Crippen LogP contribution in [-0.2, 0) is 6.54 Å². The summed E-state index contributed by atoms with van der Waals surface area (Å²) in [6.07, 6.45) is 1.89. The van der Waals surface area contributed by atoms with Crippen LogP contribution in [0.3, 0.4) is 0 Å². The van der Waals surface area contributed by atoms with E-state index in [2.05, 4.69) is 6.92 Å². The summed E-state index contributed by atoms with van der Waals surface area (Å²) in [6.45, 7) is 4.28. The molecule has 6 nitrogen and oxygen atoms in total. The van der Waals surface area contributed by atoms with Crippen molar-refractivity contribution in [2.75, 3.05) is 20.7 Å². The van der Waals surface area contributed by atoms with Crippen molar-refractivity contribution >= 4 is 23.0 Å². The van der Waals surface area contributed by atoms with Crippen molar-refractivity contribution in [2.45, 2.75) is 33.2 Å². The minimum absolute atomic E-state index is 0.118. The average Bonchev–Trinajstić information content (AvgIpc) is 2.93. The van der Waals surface area contributed by atoms with Crippen molar-refractivity contribution in [3.05, 3.63) is 50.1 Å². The number of benzene rings is 1. The number of unbranched alkanes of at least 4 members (excludes halogenated alkanes) is 1. The molecular weight excluding hydrogens is 352 g/mol. The van der Waals surface area contributed by atoms with Gasteiger partial charge in [-0.05, 0) is 25.5 Å². The molecule has 0 saturated heterocycles. The highest BCUT2D eigenvalue weighted by Gasteiger charge is 2.22. The van der Waals surface area contributed by atoms with E-state index in [-0.39, 0.29) is 23.1 Å². The van der Waals surface area contributed by atoms with Gasteiger partial charge in [-0.1, -0.05) is 36.8 Å². The zero-order chi connectivity index (χ0) is 19.3. The number of ether oxygens (including phenoxy) is 1. The van der Waals surface area contributed by atoms with Crippen molar-refractivity contribution < 1.29 is 14.3 Å². The number of Topliss-reactive ketones (excluding diaryl/α,β-unsaturated/α-hetero) is 1. The number of methoxy groups -OCH3 is 1. The Balaban J connectivity index is 2.26. The van der Waals surface area contributed by atoms with Crippen LogP contribution in [-0.4, -0.2) is 41.9 Å². The second-order valence-electron chi connectivity index (χ2n) is 6.07. The maximum Gasteiger partial charge on any atom is 0.308 e. The van der Waals surface area contributed by atoms with Crippen LogP contribution < -0.4 is 9.61 Å². The summed E-state index contributed by atoms with van der Waals surface area (Å²) in [6, 6.07) is 6.89. The number of rotatable bonds is 8. The van der Waals surface area contributed by atoms with Gasteiger partial charge in [0, 0.05) is 19.3 Å². The molecule has 0 saturated carbocycles. The molecule has 7 heteroatoms. The van der Waals surface area contributed by atoms with Crippen LogP contribution in [0.5, 0.6) is 5.75 Å². The Morgan fingerprint density at radius 2 is 1.96 bits per heavy atom. The predicted octanol–water partition coefficient (Wildman–Crippen LogP) is 2.98. The summed E-state index contributed by atoms with van der Waals surface area (Å²) in [7, 11) is 3.23. The van der Waals surface area contributed by atoms with Gasteiger partial charge in [-0.3, -0.25) is 19.0 Å². The quantitative estimate of drug-likeness (QED) is 0.664. The molecule has 1 amide bonds. The molecule has 1 aromatic carbocycles. The van der Waals surface area contributed by atoms with Crippen molar-refractivity contribution in [1.82, 2.24) is 9.47 Å². The van der Waals surface area contributed by atoms with Crippen molar-refractivity contribution in [3.63, 3.8) is 0 Å². The fourth-order valence-electron chi connectivity index (χ4n) is 2.63. The zero-order valence-electron chi connectivity index (χ0n) is 15.6. The van der Waals surface area contributed by atoms with Crippen LogP contribution in [0.2, 0.25) is 0 Å². The van der Waals surface area contributed by atoms with E-state index in [0.29, 0.717) is 28.4 Å². The summed E-state index contributed by atoms with van der Waals surface area (Å²) in [5.41, 5.74) is 0.942. The van der Waals surface area contributed by atoms with Gasteiger partial charge in [0.2, 0.25) is 0 Å². The molecule has 1 heterocycles. The maximum absolute atomic E-state index is 12.6. The van der Waals surface area contributed by atoms with E-state index in [1.165, 1.54) is 11.7 Å². The molecular formula is C19H24N2O4S. The molecule has 0 unspecified atom stereocenters. The number of amides is 1. The summed E-state index contributed by atoms with van der Waals surface area (Å²) in [4.78, 5) is 39.2. The first kappa shape index (κ1) is 19.9. The summed E-state index contributed by atoms with van der Waals surface area (Å²) >= 11 is 0.891. The van der Waals surface area contributed by atoms with E-state index in [1.807, 2.05) is 0 Å². The van der Waals surface area contributed by atoms with Crippen LogP contribution in [0.15, 0.2) is 29.1 Å². The standard InChI is InChI=1S/C19H24N2O4S/c1-5-6-11-20(3)18(23)17-13(2)21(19(24)26-17)12-15(22)14-9-7-8-10-16(14)25-4/h7-10H,5-6,11-12H2,1-4H3. The van der Waals surface area contributed by atoms with E-state index in [1.54, 1.807) is 43.1 Å². The van der Waals surface area contributed by atoms with E-state index in [9.17, 15) is 14.4 Å². The van der Waals surface area contributed by atoms with Gasteiger partial charge < -0.3 is 9.64 Å². The fraction of sp³-hybridized carbons (Fsp3) is 0.421. The first-order valence-electron chi connectivity index (χ1n) is 8.52. The van der Waals surface area contributed by atoms with E-state index in [4.69, 9.17) is 4.74 Å². The molecule has 0 fully saturated rings. The molecule has 26 heavy (non-hydrogen) atoms. The molecule has 140 valence electrons. The summed E-state index contributed by atoms with van der Waals surface area (Å²) in [5, 5.41) is 0. The number of thiazole rings is 1. The van der Waals surface area contributed by atoms with Crippen LogP contribution >= 0.6 is 11.3 Å². The first-order chi connectivity index (χ1) is 12.4. The molecule has 0 aliphatic heterocycles. The van der Waals surface area contributed by atoms with Crippen LogP contribution in [0.25, 0.3) is 0 Å². The molecule has 2 aromatic rings. The number of nitrogens with zero attached hydrogens (tertiary/aromatic N) is 2. The fourth-order valence-corrected chi connectivity index (χ4v) is 3.62. The topological polar surface area (TPSA) is 68.6 Å². The average molecular weight is 376 g/mol. The summed E-state index contributed by atoms with van der Waals surface area (Å²) < 4.78 is 6.57. The van der Waals surface area contributed by atoms with Gasteiger partial charge >= 0.3 is 4.87 Å². The highest BCUT2D eigenvalue weighted by Crippen LogP contribution is 2.20. The van der Waals surface area contributed by atoms with Crippen LogP contribution in [0.4, 0.5) is 0 Å². The van der Waals surface area contributed by atoms with Gasteiger partial charge in [-0.15, -0.1) is 0 Å². The van der Waals surface area contributed by atoms with Crippen molar-refractivity contribution in [1.29, 1.82) is 0 Å². The van der Waals surface area contributed by atoms with Gasteiger partial charge in [-0.25, -0.2) is 0 Å². The Hall–Kier alpha value is -2.41. The third-order valence-corrected chi connectivity index (χ3v) is 5.31. The molecule has 0 aliphatic carbocycles.